The zero-order valence-electron chi connectivity index (χ0n) is 30.6. The maximum atomic E-state index is 12.9. The molecular weight excluding hydrogens is 630 g/mol. The van der Waals surface area contributed by atoms with Crippen LogP contribution in [-0.2, 0) is 19.0 Å². The lowest BCUT2D eigenvalue weighted by molar-refractivity contribution is -0.303. The monoisotopic (exact) mass is 704 g/mol. The van der Waals surface area contributed by atoms with Gasteiger partial charge in [-0.1, -0.05) is 129 Å². The molecular formula is C38H73NO10. The van der Waals surface area contributed by atoms with Crippen molar-refractivity contribution in [1.82, 2.24) is 5.32 Å². The quantitative estimate of drug-likeness (QED) is 0.0503. The van der Waals surface area contributed by atoms with Crippen molar-refractivity contribution in [3.05, 3.63) is 0 Å². The summed E-state index contributed by atoms with van der Waals surface area (Å²) in [7, 11) is 0. The van der Waals surface area contributed by atoms with E-state index in [9.17, 15) is 35.4 Å². The van der Waals surface area contributed by atoms with Gasteiger partial charge < -0.3 is 50.2 Å². The van der Waals surface area contributed by atoms with Crippen molar-refractivity contribution in [2.24, 2.45) is 5.92 Å². The van der Waals surface area contributed by atoms with Crippen LogP contribution in [0.15, 0.2) is 0 Å². The van der Waals surface area contributed by atoms with Gasteiger partial charge in [0.2, 0.25) is 5.91 Å². The number of nitrogens with one attached hydrogen (secondary N) is 1. The first kappa shape index (κ1) is 44.3. The summed E-state index contributed by atoms with van der Waals surface area (Å²) in [6.45, 7) is 3.19. The van der Waals surface area contributed by atoms with Crippen LogP contribution in [0.25, 0.3) is 0 Å². The molecule has 0 aromatic rings. The number of amides is 1. The number of ether oxygens (including phenoxy) is 3. The van der Waals surface area contributed by atoms with Gasteiger partial charge in [0.25, 0.3) is 0 Å². The van der Waals surface area contributed by atoms with Gasteiger partial charge in [-0.15, -0.1) is 0 Å². The summed E-state index contributed by atoms with van der Waals surface area (Å²) in [6.07, 6.45) is 15.4. The highest BCUT2D eigenvalue weighted by atomic mass is 16.7. The minimum atomic E-state index is -1.60. The Morgan fingerprint density at radius 3 is 1.80 bits per heavy atom. The van der Waals surface area contributed by atoms with E-state index in [2.05, 4.69) is 12.2 Å². The van der Waals surface area contributed by atoms with E-state index in [1.54, 1.807) is 0 Å². The fourth-order valence-corrected chi connectivity index (χ4v) is 6.77. The first-order valence-corrected chi connectivity index (χ1v) is 19.9. The summed E-state index contributed by atoms with van der Waals surface area (Å²) in [5, 5.41) is 64.8. The van der Waals surface area contributed by atoms with Crippen molar-refractivity contribution < 1.29 is 49.6 Å². The van der Waals surface area contributed by atoms with Crippen LogP contribution in [0.5, 0.6) is 0 Å². The second kappa shape index (κ2) is 27.7. The second-order valence-corrected chi connectivity index (χ2v) is 14.7. The van der Waals surface area contributed by atoms with Crippen LogP contribution in [0.3, 0.4) is 0 Å². The van der Waals surface area contributed by atoms with Crippen molar-refractivity contribution in [1.29, 1.82) is 0 Å². The molecule has 0 aromatic carbocycles. The van der Waals surface area contributed by atoms with Gasteiger partial charge in [-0.2, -0.15) is 0 Å². The number of carbonyl (C=O) groups excluding carboxylic acids is 1. The molecule has 2 aliphatic rings. The maximum absolute atomic E-state index is 12.9. The predicted molar refractivity (Wildman–Crippen MR) is 190 cm³/mol. The molecule has 8 atom stereocenters. The zero-order valence-corrected chi connectivity index (χ0v) is 30.6. The molecule has 290 valence electrons. The summed E-state index contributed by atoms with van der Waals surface area (Å²) in [5.41, 5.74) is 0. The van der Waals surface area contributed by atoms with Gasteiger partial charge in [0.1, 0.15) is 30.5 Å². The molecule has 0 bridgehead atoms. The van der Waals surface area contributed by atoms with E-state index in [1.807, 2.05) is 0 Å². The first-order valence-electron chi connectivity index (χ1n) is 19.9. The van der Waals surface area contributed by atoms with Crippen LogP contribution in [0, 0.1) is 5.92 Å². The summed E-state index contributed by atoms with van der Waals surface area (Å²) < 4.78 is 16.3. The van der Waals surface area contributed by atoms with Crippen LogP contribution in [0.4, 0.5) is 0 Å². The van der Waals surface area contributed by atoms with Gasteiger partial charge >= 0.3 is 0 Å². The number of aliphatic hydroxyl groups excluding tert-OH is 6. The first-order chi connectivity index (χ1) is 23.8. The third-order valence-electron chi connectivity index (χ3n) is 10.3. The average Bonchev–Trinajstić information content (AvgIpc) is 3.07. The summed E-state index contributed by atoms with van der Waals surface area (Å²) in [5.74, 6) is 0.507. The van der Waals surface area contributed by atoms with E-state index in [0.717, 1.165) is 64.1 Å². The molecule has 49 heavy (non-hydrogen) atoms. The predicted octanol–water partition coefficient (Wildman–Crippen LogP) is 4.65. The molecule has 7 N–H and O–H groups in total. The van der Waals surface area contributed by atoms with E-state index in [4.69, 9.17) is 14.2 Å². The van der Waals surface area contributed by atoms with Crippen LogP contribution < -0.4 is 5.32 Å². The van der Waals surface area contributed by atoms with Crippen LogP contribution in [0.1, 0.15) is 155 Å². The fraction of sp³-hybridized carbons (Fsp3) is 0.974. The van der Waals surface area contributed by atoms with E-state index < -0.39 is 55.6 Å². The standard InChI is InChI=1S/C38H73NO10/c1-2-3-4-5-6-7-8-9-10-14-17-20-23-31(41)34(43)30(28-48-38-37(46)36(45)35(44)32(25-40)49-38)39-33(42)24-21-18-15-12-11-13-16-19-22-29-26-47-27-29/h29-32,34-38,40-41,43-46H,2-28H2,1H3,(H,39,42)/t30-,31+,32+,34-,35-,36-,37+,38-/m0/s1. The molecule has 2 aliphatic heterocycles. The third-order valence-corrected chi connectivity index (χ3v) is 10.3. The van der Waals surface area contributed by atoms with Crippen LogP contribution >= 0.6 is 0 Å². The molecule has 2 fully saturated rings. The van der Waals surface area contributed by atoms with Gasteiger partial charge in [-0.25, -0.2) is 0 Å². The second-order valence-electron chi connectivity index (χ2n) is 14.7. The van der Waals surface area contributed by atoms with E-state index in [-0.39, 0.29) is 18.9 Å². The SMILES string of the molecule is CCCCCCCCCCCCCC[C@@H](O)[C@@H](O)[C@H](CO[C@H]1O[C@H](CO)[C@H](O)[C@H](O)[C@H]1O)NC(=O)CCCCCCCCCCC1COC1. The lowest BCUT2D eigenvalue weighted by atomic mass is 9.98. The number of hydrogen-bond acceptors (Lipinski definition) is 10. The van der Waals surface area contributed by atoms with Crippen LogP contribution in [-0.4, -0.2) is 112 Å². The molecule has 11 nitrogen and oxygen atoms in total. The van der Waals surface area contributed by atoms with Gasteiger partial charge in [0, 0.05) is 12.3 Å². The molecule has 1 amide bonds. The minimum Gasteiger partial charge on any atom is -0.394 e. The number of unbranched alkanes of at least 4 members (excludes halogenated alkanes) is 18. The Morgan fingerprint density at radius 1 is 0.735 bits per heavy atom. The largest absolute Gasteiger partial charge is 0.394 e. The normalized spacial score (nSPS) is 24.8. The summed E-state index contributed by atoms with van der Waals surface area (Å²) in [4.78, 5) is 12.9. The Balaban J connectivity index is 1.71. The van der Waals surface area contributed by atoms with Crippen molar-refractivity contribution in [2.75, 3.05) is 26.4 Å². The molecule has 0 spiro atoms. The topological polar surface area (TPSA) is 178 Å². The summed E-state index contributed by atoms with van der Waals surface area (Å²) >= 11 is 0. The molecule has 2 rings (SSSR count). The van der Waals surface area contributed by atoms with Crippen molar-refractivity contribution in [2.45, 2.75) is 204 Å². The molecule has 0 aliphatic carbocycles. The smallest absolute Gasteiger partial charge is 0.220 e. The minimum absolute atomic E-state index is 0.265. The number of carbonyl (C=O) groups is 1. The molecule has 2 saturated heterocycles. The maximum Gasteiger partial charge on any atom is 0.220 e. The van der Waals surface area contributed by atoms with Crippen molar-refractivity contribution in [3.63, 3.8) is 0 Å². The van der Waals surface area contributed by atoms with Gasteiger partial charge in [0.15, 0.2) is 6.29 Å². The summed E-state index contributed by atoms with van der Waals surface area (Å²) in [6, 6.07) is -0.987. The highest BCUT2D eigenvalue weighted by molar-refractivity contribution is 5.76. The lowest BCUT2D eigenvalue weighted by Gasteiger charge is -2.40. The van der Waals surface area contributed by atoms with Crippen LogP contribution in [0.2, 0.25) is 0 Å². The number of hydrogen-bond donors (Lipinski definition) is 7. The molecule has 0 unspecified atom stereocenters. The Kier molecular flexibility index (Phi) is 25.0. The lowest BCUT2D eigenvalue weighted by Crippen LogP contribution is -2.60. The molecule has 0 saturated carbocycles. The highest BCUT2D eigenvalue weighted by Crippen LogP contribution is 2.23. The van der Waals surface area contributed by atoms with E-state index >= 15 is 0 Å². The molecule has 2 heterocycles. The van der Waals surface area contributed by atoms with Crippen molar-refractivity contribution in [3.8, 4) is 0 Å². The number of rotatable bonds is 31. The molecule has 0 aromatic heterocycles. The number of aliphatic hydroxyl groups is 6. The zero-order chi connectivity index (χ0) is 35.7. The molecule has 11 heteroatoms. The molecule has 0 radical (unpaired) electrons. The Morgan fingerprint density at radius 2 is 1.27 bits per heavy atom. The van der Waals surface area contributed by atoms with Gasteiger partial charge in [-0.3, -0.25) is 4.79 Å². The third kappa shape index (κ3) is 19.0. The average molecular weight is 704 g/mol. The Bertz CT molecular complexity index is 800. The van der Waals surface area contributed by atoms with Crippen molar-refractivity contribution >= 4 is 5.91 Å². The van der Waals surface area contributed by atoms with Gasteiger partial charge in [0.05, 0.1) is 38.6 Å². The highest BCUT2D eigenvalue weighted by Gasteiger charge is 2.44. The van der Waals surface area contributed by atoms with E-state index in [0.29, 0.717) is 12.8 Å². The van der Waals surface area contributed by atoms with Gasteiger partial charge in [-0.05, 0) is 19.3 Å². The Hall–Kier alpha value is -0.890. The Labute approximate surface area is 296 Å². The fourth-order valence-electron chi connectivity index (χ4n) is 6.77. The van der Waals surface area contributed by atoms with E-state index in [1.165, 1.54) is 83.5 Å².